The van der Waals surface area contributed by atoms with Crippen LogP contribution >= 0.6 is 0 Å². The van der Waals surface area contributed by atoms with Crippen molar-refractivity contribution in [3.8, 4) is 0 Å². The SMILES string of the molecule is C[C@]12CC[C@H](O)C[C@@H]1C[C@H](O)[C@@H]1[C@@H]2CC[C@]2(C)[C@@H](c3ccc(=O)oc3)CC[C@]12O. The summed E-state index contributed by atoms with van der Waals surface area (Å²) in [5.74, 6) is 0.618. The summed E-state index contributed by atoms with van der Waals surface area (Å²) in [7, 11) is 0. The van der Waals surface area contributed by atoms with E-state index in [4.69, 9.17) is 4.42 Å². The quantitative estimate of drug-likeness (QED) is 0.671. The van der Waals surface area contributed by atoms with Gasteiger partial charge in [-0.2, -0.15) is 0 Å². The van der Waals surface area contributed by atoms with Gasteiger partial charge in [-0.15, -0.1) is 0 Å². The van der Waals surface area contributed by atoms with Gasteiger partial charge in [-0.3, -0.25) is 0 Å². The molecule has 5 rings (SSSR count). The fraction of sp³-hybridized carbons (Fsp3) is 0.792. The van der Waals surface area contributed by atoms with Crippen LogP contribution < -0.4 is 5.63 Å². The third kappa shape index (κ3) is 2.60. The van der Waals surface area contributed by atoms with Gasteiger partial charge in [-0.25, -0.2) is 4.79 Å². The number of hydrogen-bond acceptors (Lipinski definition) is 5. The van der Waals surface area contributed by atoms with Gasteiger partial charge in [0.2, 0.25) is 0 Å². The van der Waals surface area contributed by atoms with E-state index >= 15 is 0 Å². The van der Waals surface area contributed by atoms with E-state index in [0.717, 1.165) is 44.1 Å². The molecule has 4 fully saturated rings. The molecule has 0 spiro atoms. The maximum Gasteiger partial charge on any atom is 0.335 e. The van der Waals surface area contributed by atoms with Crippen LogP contribution in [0, 0.1) is 28.6 Å². The van der Waals surface area contributed by atoms with Crippen LogP contribution in [0.25, 0.3) is 0 Å². The Bertz CT molecular complexity index is 829. The van der Waals surface area contributed by atoms with Gasteiger partial charge >= 0.3 is 5.63 Å². The van der Waals surface area contributed by atoms with Crippen LogP contribution in [0.1, 0.15) is 76.7 Å². The molecule has 4 aliphatic carbocycles. The highest BCUT2D eigenvalue weighted by Crippen LogP contribution is 2.70. The van der Waals surface area contributed by atoms with E-state index in [9.17, 15) is 20.1 Å². The summed E-state index contributed by atoms with van der Waals surface area (Å²) in [4.78, 5) is 11.4. The highest BCUT2D eigenvalue weighted by Gasteiger charge is 2.69. The second-order valence-corrected chi connectivity index (χ2v) is 10.9. The molecule has 0 unspecified atom stereocenters. The number of rotatable bonds is 1. The maximum atomic E-state index is 12.2. The van der Waals surface area contributed by atoms with Gasteiger partial charge in [0.1, 0.15) is 0 Å². The van der Waals surface area contributed by atoms with Crippen LogP contribution in [-0.4, -0.2) is 33.1 Å². The molecule has 160 valence electrons. The summed E-state index contributed by atoms with van der Waals surface area (Å²) < 4.78 is 5.14. The van der Waals surface area contributed by atoms with Crippen LogP contribution in [0.5, 0.6) is 0 Å². The molecule has 4 saturated carbocycles. The van der Waals surface area contributed by atoms with Gasteiger partial charge in [0.25, 0.3) is 0 Å². The van der Waals surface area contributed by atoms with E-state index in [1.165, 1.54) is 6.07 Å². The summed E-state index contributed by atoms with van der Waals surface area (Å²) in [6, 6.07) is 3.31. The van der Waals surface area contributed by atoms with Crippen molar-refractivity contribution in [3.63, 3.8) is 0 Å². The summed E-state index contributed by atoms with van der Waals surface area (Å²) in [6.45, 7) is 4.52. The summed E-state index contributed by atoms with van der Waals surface area (Å²) in [5.41, 5.74) is -0.543. The Kier molecular flexibility index (Phi) is 4.37. The van der Waals surface area contributed by atoms with Crippen LogP contribution in [0.15, 0.2) is 27.6 Å². The van der Waals surface area contributed by atoms with Crippen LogP contribution in [0.3, 0.4) is 0 Å². The normalized spacial score (nSPS) is 51.8. The Morgan fingerprint density at radius 1 is 1.03 bits per heavy atom. The Morgan fingerprint density at radius 2 is 1.83 bits per heavy atom. The molecule has 1 aromatic rings. The molecule has 0 aliphatic heterocycles. The first-order chi connectivity index (χ1) is 13.7. The smallest absolute Gasteiger partial charge is 0.335 e. The molecule has 5 heteroatoms. The topological polar surface area (TPSA) is 90.9 Å². The highest BCUT2D eigenvalue weighted by molar-refractivity contribution is 5.27. The largest absolute Gasteiger partial charge is 0.431 e. The minimum absolute atomic E-state index is 0.0812. The van der Waals surface area contributed by atoms with Gasteiger partial charge in [-0.1, -0.05) is 13.8 Å². The van der Waals surface area contributed by atoms with Crippen molar-refractivity contribution in [2.24, 2.45) is 28.6 Å². The maximum absolute atomic E-state index is 12.2. The fourth-order valence-corrected chi connectivity index (χ4v) is 8.29. The molecule has 5 nitrogen and oxygen atoms in total. The minimum atomic E-state index is -0.916. The Hall–Kier alpha value is -1.17. The first-order valence-corrected chi connectivity index (χ1v) is 11.4. The predicted octanol–water partition coefficient (Wildman–Crippen LogP) is 3.21. The van der Waals surface area contributed by atoms with E-state index in [0.29, 0.717) is 18.8 Å². The van der Waals surface area contributed by atoms with Gasteiger partial charge in [0.15, 0.2) is 0 Å². The van der Waals surface area contributed by atoms with Crippen molar-refractivity contribution < 1.29 is 19.7 Å². The monoisotopic (exact) mass is 402 g/mol. The molecule has 0 bridgehead atoms. The number of hydrogen-bond donors (Lipinski definition) is 3. The van der Waals surface area contributed by atoms with E-state index in [2.05, 4.69) is 13.8 Å². The van der Waals surface area contributed by atoms with Gasteiger partial charge in [0, 0.05) is 17.4 Å². The lowest BCUT2D eigenvalue weighted by atomic mass is 9.42. The number of aliphatic hydroxyl groups excluding tert-OH is 2. The number of aliphatic hydroxyl groups is 3. The standard InChI is InChI=1S/C24H34O5/c1-22-8-5-16(25)11-15(22)12-19(26)21-18(22)6-9-23(2)17(7-10-24(21,23)28)14-3-4-20(27)29-13-14/h3-4,13,15-19,21,25-26,28H,5-12H2,1-2H3/t15-,16+,17-,18+,19+,21+,22+,23-,24+/m1/s1. The van der Waals surface area contributed by atoms with Crippen molar-refractivity contribution in [2.75, 3.05) is 0 Å². The van der Waals surface area contributed by atoms with E-state index in [1.54, 1.807) is 6.26 Å². The van der Waals surface area contributed by atoms with Crippen molar-refractivity contribution in [2.45, 2.75) is 88.9 Å². The summed E-state index contributed by atoms with van der Waals surface area (Å²) >= 11 is 0. The molecule has 29 heavy (non-hydrogen) atoms. The first-order valence-electron chi connectivity index (χ1n) is 11.4. The van der Waals surface area contributed by atoms with Gasteiger partial charge < -0.3 is 19.7 Å². The molecule has 0 aromatic carbocycles. The third-order valence-electron chi connectivity index (χ3n) is 9.95. The van der Waals surface area contributed by atoms with Crippen LogP contribution in [0.2, 0.25) is 0 Å². The lowest BCUT2D eigenvalue weighted by Crippen LogP contribution is -2.66. The molecule has 1 heterocycles. The molecular weight excluding hydrogens is 368 g/mol. The van der Waals surface area contributed by atoms with Crippen molar-refractivity contribution in [3.05, 3.63) is 34.4 Å². The Morgan fingerprint density at radius 3 is 2.55 bits per heavy atom. The molecule has 9 atom stereocenters. The Labute approximate surface area is 172 Å². The van der Waals surface area contributed by atoms with E-state index in [1.807, 2.05) is 6.07 Å². The molecule has 1 aromatic heterocycles. The highest BCUT2D eigenvalue weighted by atomic mass is 16.4. The average molecular weight is 403 g/mol. The molecule has 0 amide bonds. The molecular formula is C24H34O5. The van der Waals surface area contributed by atoms with E-state index < -0.39 is 11.7 Å². The fourth-order valence-electron chi connectivity index (χ4n) is 8.29. The zero-order chi connectivity index (χ0) is 20.6. The Balaban J connectivity index is 1.52. The van der Waals surface area contributed by atoms with E-state index in [-0.39, 0.29) is 40.3 Å². The van der Waals surface area contributed by atoms with Gasteiger partial charge in [0.05, 0.1) is 24.1 Å². The van der Waals surface area contributed by atoms with Crippen molar-refractivity contribution in [1.29, 1.82) is 0 Å². The van der Waals surface area contributed by atoms with Crippen molar-refractivity contribution in [1.82, 2.24) is 0 Å². The third-order valence-corrected chi connectivity index (χ3v) is 9.95. The molecule has 0 radical (unpaired) electrons. The lowest BCUT2D eigenvalue weighted by Gasteiger charge is -2.64. The van der Waals surface area contributed by atoms with Crippen LogP contribution in [0.4, 0.5) is 0 Å². The molecule has 0 saturated heterocycles. The summed E-state index contributed by atoms with van der Waals surface area (Å²) in [6.07, 6.45) is 7.47. The predicted molar refractivity (Wildman–Crippen MR) is 108 cm³/mol. The second-order valence-electron chi connectivity index (χ2n) is 10.9. The van der Waals surface area contributed by atoms with Crippen LogP contribution in [-0.2, 0) is 0 Å². The molecule has 4 aliphatic rings. The zero-order valence-corrected chi connectivity index (χ0v) is 17.5. The second kappa shape index (κ2) is 6.41. The average Bonchev–Trinajstić information content (AvgIpc) is 2.95. The van der Waals surface area contributed by atoms with Crippen molar-refractivity contribution >= 4 is 0 Å². The molecule has 3 N–H and O–H groups in total. The minimum Gasteiger partial charge on any atom is -0.431 e. The van der Waals surface area contributed by atoms with Gasteiger partial charge in [-0.05, 0) is 86.2 Å². The first kappa shape index (κ1) is 19.8. The zero-order valence-electron chi connectivity index (χ0n) is 17.5. The number of fused-ring (bicyclic) bond motifs is 5. The lowest BCUT2D eigenvalue weighted by molar-refractivity contribution is -0.238. The summed E-state index contributed by atoms with van der Waals surface area (Å²) in [5, 5.41) is 33.6.